The topological polar surface area (TPSA) is 53.7 Å². The summed E-state index contributed by atoms with van der Waals surface area (Å²) in [4.78, 5) is 8.85. The summed E-state index contributed by atoms with van der Waals surface area (Å²) in [6, 6.07) is 11.2. The van der Waals surface area contributed by atoms with Crippen molar-refractivity contribution in [3.8, 4) is 0 Å². The summed E-state index contributed by atoms with van der Waals surface area (Å²) >= 11 is 0. The van der Waals surface area contributed by atoms with Crippen LogP contribution < -0.4 is 10.6 Å². The first kappa shape index (κ1) is 21.1. The number of halogens is 2. The van der Waals surface area contributed by atoms with Crippen LogP contribution in [0.2, 0.25) is 0 Å². The van der Waals surface area contributed by atoms with Gasteiger partial charge in [-0.3, -0.25) is 4.99 Å². The molecule has 0 radical (unpaired) electrons. The SMILES string of the molecule is CN=C(NCc1cn2c(C)cccc2n1)NC(C)c1ccc(C)c(F)c1.I. The van der Waals surface area contributed by atoms with Crippen LogP contribution in [0, 0.1) is 19.7 Å². The Balaban J connectivity index is 0.00000261. The molecule has 7 heteroatoms. The van der Waals surface area contributed by atoms with Crippen molar-refractivity contribution in [3.63, 3.8) is 0 Å². The van der Waals surface area contributed by atoms with Gasteiger partial charge in [-0.05, 0) is 50.1 Å². The summed E-state index contributed by atoms with van der Waals surface area (Å²) in [5.41, 5.74) is 4.51. The van der Waals surface area contributed by atoms with Crippen LogP contribution in [0.25, 0.3) is 5.65 Å². The summed E-state index contributed by atoms with van der Waals surface area (Å²) in [6.45, 7) is 6.34. The van der Waals surface area contributed by atoms with Gasteiger partial charge in [0.1, 0.15) is 11.5 Å². The first-order chi connectivity index (χ1) is 12.5. The Labute approximate surface area is 176 Å². The molecule has 2 aromatic heterocycles. The van der Waals surface area contributed by atoms with Crippen LogP contribution in [0.5, 0.6) is 0 Å². The molecule has 3 aromatic rings. The Morgan fingerprint density at radius 3 is 2.70 bits per heavy atom. The average Bonchev–Trinajstić information content (AvgIpc) is 3.05. The van der Waals surface area contributed by atoms with Crippen LogP contribution in [0.1, 0.15) is 35.5 Å². The van der Waals surface area contributed by atoms with Crippen LogP contribution in [0.3, 0.4) is 0 Å². The highest BCUT2D eigenvalue weighted by Crippen LogP contribution is 2.16. The van der Waals surface area contributed by atoms with E-state index in [0.29, 0.717) is 18.1 Å². The van der Waals surface area contributed by atoms with E-state index in [4.69, 9.17) is 0 Å². The van der Waals surface area contributed by atoms with E-state index in [1.165, 1.54) is 0 Å². The van der Waals surface area contributed by atoms with E-state index in [-0.39, 0.29) is 35.8 Å². The van der Waals surface area contributed by atoms with E-state index in [2.05, 4.69) is 38.0 Å². The molecular weight excluding hydrogens is 456 g/mol. The van der Waals surface area contributed by atoms with Crippen molar-refractivity contribution < 1.29 is 4.39 Å². The highest BCUT2D eigenvalue weighted by Gasteiger charge is 2.10. The Morgan fingerprint density at radius 2 is 2.04 bits per heavy atom. The van der Waals surface area contributed by atoms with Crippen molar-refractivity contribution in [1.82, 2.24) is 20.0 Å². The number of rotatable bonds is 4. The number of hydrogen-bond acceptors (Lipinski definition) is 2. The number of hydrogen-bond donors (Lipinski definition) is 2. The maximum atomic E-state index is 13.8. The normalized spacial score (nSPS) is 12.6. The number of aryl methyl sites for hydroxylation is 2. The molecule has 0 saturated heterocycles. The maximum Gasteiger partial charge on any atom is 0.191 e. The number of fused-ring (bicyclic) bond motifs is 1. The van der Waals surface area contributed by atoms with E-state index >= 15 is 0 Å². The second-order valence-electron chi connectivity index (χ2n) is 6.43. The molecule has 1 aromatic carbocycles. The van der Waals surface area contributed by atoms with Gasteiger partial charge in [0.05, 0.1) is 18.3 Å². The van der Waals surface area contributed by atoms with Gasteiger partial charge in [0, 0.05) is 18.9 Å². The van der Waals surface area contributed by atoms with Crippen LogP contribution in [-0.4, -0.2) is 22.4 Å². The third-order valence-corrected chi connectivity index (χ3v) is 4.46. The molecule has 27 heavy (non-hydrogen) atoms. The van der Waals surface area contributed by atoms with E-state index in [0.717, 1.165) is 22.6 Å². The van der Waals surface area contributed by atoms with Crippen molar-refractivity contribution in [2.75, 3.05) is 7.05 Å². The van der Waals surface area contributed by atoms with Gasteiger partial charge in [0.25, 0.3) is 0 Å². The van der Waals surface area contributed by atoms with Gasteiger partial charge >= 0.3 is 0 Å². The zero-order valence-electron chi connectivity index (χ0n) is 16.0. The molecule has 0 spiro atoms. The quantitative estimate of drug-likeness (QED) is 0.335. The number of imidazole rings is 1. The van der Waals surface area contributed by atoms with Gasteiger partial charge in [-0.2, -0.15) is 0 Å². The van der Waals surface area contributed by atoms with E-state index in [1.807, 2.05) is 31.3 Å². The Hall–Kier alpha value is -2.16. The predicted molar refractivity (Wildman–Crippen MR) is 118 cm³/mol. The molecule has 2 N–H and O–H groups in total. The maximum absolute atomic E-state index is 13.8. The van der Waals surface area contributed by atoms with Crippen molar-refractivity contribution >= 4 is 35.6 Å². The standard InChI is InChI=1S/C20H24FN5.HI/c1-13-8-9-16(10-18(13)21)15(3)24-20(22-4)23-11-17-12-26-14(2)6-5-7-19(26)25-17;/h5-10,12,15H,11H2,1-4H3,(H2,22,23,24);1H. The van der Waals surface area contributed by atoms with Crippen LogP contribution in [0.4, 0.5) is 4.39 Å². The van der Waals surface area contributed by atoms with Crippen LogP contribution in [0.15, 0.2) is 47.6 Å². The average molecular weight is 481 g/mol. The van der Waals surface area contributed by atoms with Crippen LogP contribution in [-0.2, 0) is 6.54 Å². The van der Waals surface area contributed by atoms with Gasteiger partial charge in [-0.15, -0.1) is 24.0 Å². The first-order valence-corrected chi connectivity index (χ1v) is 8.64. The fourth-order valence-corrected chi connectivity index (χ4v) is 2.82. The van der Waals surface area contributed by atoms with E-state index in [9.17, 15) is 4.39 Å². The molecule has 2 heterocycles. The van der Waals surface area contributed by atoms with E-state index in [1.54, 1.807) is 26.1 Å². The molecule has 0 aliphatic heterocycles. The third kappa shape index (κ3) is 4.97. The lowest BCUT2D eigenvalue weighted by Crippen LogP contribution is -2.38. The van der Waals surface area contributed by atoms with Crippen LogP contribution >= 0.6 is 24.0 Å². The minimum Gasteiger partial charge on any atom is -0.351 e. The second-order valence-corrected chi connectivity index (χ2v) is 6.43. The highest BCUT2D eigenvalue weighted by atomic mass is 127. The fraction of sp³-hybridized carbons (Fsp3) is 0.300. The molecule has 0 amide bonds. The third-order valence-electron chi connectivity index (χ3n) is 4.46. The summed E-state index contributed by atoms with van der Waals surface area (Å²) < 4.78 is 15.8. The predicted octanol–water partition coefficient (Wildman–Crippen LogP) is 4.13. The molecule has 0 fully saturated rings. The monoisotopic (exact) mass is 481 g/mol. The first-order valence-electron chi connectivity index (χ1n) is 8.64. The molecule has 1 atom stereocenters. The highest BCUT2D eigenvalue weighted by molar-refractivity contribution is 14.0. The summed E-state index contributed by atoms with van der Waals surface area (Å²) in [5.74, 6) is 0.450. The number of nitrogens with one attached hydrogen (secondary N) is 2. The molecule has 0 bridgehead atoms. The number of pyridine rings is 1. The molecule has 0 aliphatic rings. The number of aliphatic imine (C=N–C) groups is 1. The summed E-state index contributed by atoms with van der Waals surface area (Å²) in [7, 11) is 1.71. The Kier molecular flexibility index (Phi) is 7.18. The number of nitrogens with zero attached hydrogens (tertiary/aromatic N) is 3. The molecule has 1 unspecified atom stereocenters. The number of guanidine groups is 1. The van der Waals surface area contributed by atoms with Gasteiger partial charge < -0.3 is 15.0 Å². The van der Waals surface area contributed by atoms with Crippen molar-refractivity contribution in [2.45, 2.75) is 33.4 Å². The van der Waals surface area contributed by atoms with Gasteiger partial charge in [0.15, 0.2) is 5.96 Å². The van der Waals surface area contributed by atoms with E-state index < -0.39 is 0 Å². The smallest absolute Gasteiger partial charge is 0.191 e. The lowest BCUT2D eigenvalue weighted by molar-refractivity contribution is 0.607. The largest absolute Gasteiger partial charge is 0.351 e. The van der Waals surface area contributed by atoms with Crippen molar-refractivity contribution in [1.29, 1.82) is 0 Å². The van der Waals surface area contributed by atoms with Gasteiger partial charge in [-0.1, -0.05) is 18.2 Å². The zero-order valence-corrected chi connectivity index (χ0v) is 18.3. The van der Waals surface area contributed by atoms with Gasteiger partial charge in [0.2, 0.25) is 0 Å². The Morgan fingerprint density at radius 1 is 1.26 bits per heavy atom. The second kappa shape index (κ2) is 9.16. The molecular formula is C20H25FIN5. The summed E-state index contributed by atoms with van der Waals surface area (Å²) in [6.07, 6.45) is 2.02. The van der Waals surface area contributed by atoms with Crippen molar-refractivity contribution in [3.05, 3.63) is 70.9 Å². The lowest BCUT2D eigenvalue weighted by Gasteiger charge is -2.18. The molecule has 5 nitrogen and oxygen atoms in total. The molecule has 0 saturated carbocycles. The number of benzene rings is 1. The minimum absolute atomic E-state index is 0. The summed E-state index contributed by atoms with van der Waals surface area (Å²) in [5, 5.41) is 6.54. The number of aromatic nitrogens is 2. The molecule has 144 valence electrons. The Bertz CT molecular complexity index is 951. The minimum atomic E-state index is -0.195. The molecule has 0 aliphatic carbocycles. The fourth-order valence-electron chi connectivity index (χ4n) is 2.82. The van der Waals surface area contributed by atoms with Crippen molar-refractivity contribution in [2.24, 2.45) is 4.99 Å². The zero-order chi connectivity index (χ0) is 18.7. The lowest BCUT2D eigenvalue weighted by atomic mass is 10.1. The molecule has 3 rings (SSSR count). The van der Waals surface area contributed by atoms with Gasteiger partial charge in [-0.25, -0.2) is 9.37 Å².